The number of thioether (sulfide) groups is 1. The second kappa shape index (κ2) is 8.21. The van der Waals surface area contributed by atoms with Gasteiger partial charge in [-0.05, 0) is 36.6 Å². The number of carbonyl (C=O) groups is 2. The number of nitrogens with zero attached hydrogens (tertiary/aromatic N) is 1. The Balaban J connectivity index is 1.93. The number of rotatable bonds is 7. The summed E-state index contributed by atoms with van der Waals surface area (Å²) in [7, 11) is 0. The summed E-state index contributed by atoms with van der Waals surface area (Å²) >= 11 is 6.42. The SMILES string of the molecule is O=C(O)CCCCCN1C(=O)/C(=C/c2cccc(F)c2)SC1=S. The second-order valence-electron chi connectivity index (χ2n) is 5.09. The van der Waals surface area contributed by atoms with E-state index >= 15 is 0 Å². The molecule has 1 aliphatic rings. The van der Waals surface area contributed by atoms with Gasteiger partial charge in [-0.2, -0.15) is 0 Å². The number of aliphatic carboxylic acids is 1. The molecule has 0 radical (unpaired) electrons. The van der Waals surface area contributed by atoms with E-state index in [0.717, 1.165) is 6.42 Å². The average molecular weight is 353 g/mol. The van der Waals surface area contributed by atoms with Gasteiger partial charge in [-0.25, -0.2) is 4.39 Å². The highest BCUT2D eigenvalue weighted by molar-refractivity contribution is 8.26. The van der Waals surface area contributed by atoms with Crippen molar-refractivity contribution in [1.29, 1.82) is 0 Å². The lowest BCUT2D eigenvalue weighted by Crippen LogP contribution is -2.29. The highest BCUT2D eigenvalue weighted by Gasteiger charge is 2.31. The summed E-state index contributed by atoms with van der Waals surface area (Å²) in [5, 5.41) is 8.58. The Morgan fingerprint density at radius 1 is 1.35 bits per heavy atom. The second-order valence-corrected chi connectivity index (χ2v) is 6.77. The van der Waals surface area contributed by atoms with Crippen LogP contribution in [-0.2, 0) is 9.59 Å². The molecule has 0 atom stereocenters. The normalized spacial score (nSPS) is 16.4. The van der Waals surface area contributed by atoms with E-state index in [1.807, 2.05) is 0 Å². The minimum absolute atomic E-state index is 0.137. The van der Waals surface area contributed by atoms with Gasteiger partial charge in [0, 0.05) is 13.0 Å². The first-order chi connectivity index (χ1) is 11.0. The summed E-state index contributed by atoms with van der Waals surface area (Å²) in [6.07, 6.45) is 3.78. The van der Waals surface area contributed by atoms with Gasteiger partial charge in [-0.1, -0.05) is 42.5 Å². The van der Waals surface area contributed by atoms with Gasteiger partial charge in [0.05, 0.1) is 4.91 Å². The zero-order valence-electron chi connectivity index (χ0n) is 12.3. The van der Waals surface area contributed by atoms with Gasteiger partial charge in [0.1, 0.15) is 10.1 Å². The molecule has 1 aliphatic heterocycles. The molecule has 1 saturated heterocycles. The molecule has 122 valence electrons. The number of amides is 1. The molecule has 0 bridgehead atoms. The van der Waals surface area contributed by atoms with Gasteiger partial charge in [0.25, 0.3) is 5.91 Å². The number of halogens is 1. The highest BCUT2D eigenvalue weighted by Crippen LogP contribution is 2.32. The van der Waals surface area contributed by atoms with Crippen molar-refractivity contribution in [3.8, 4) is 0 Å². The van der Waals surface area contributed by atoms with E-state index in [1.165, 1.54) is 28.8 Å². The van der Waals surface area contributed by atoms with Crippen LogP contribution in [0.2, 0.25) is 0 Å². The molecular formula is C16H16FNO3S2. The van der Waals surface area contributed by atoms with Crippen molar-refractivity contribution in [2.24, 2.45) is 0 Å². The molecule has 0 spiro atoms. The highest BCUT2D eigenvalue weighted by atomic mass is 32.2. The number of carboxylic acids is 1. The number of carbonyl (C=O) groups excluding carboxylic acids is 1. The molecule has 1 amide bonds. The maximum atomic E-state index is 13.2. The van der Waals surface area contributed by atoms with Crippen molar-refractivity contribution in [2.75, 3.05) is 6.54 Å². The van der Waals surface area contributed by atoms with Gasteiger partial charge < -0.3 is 5.11 Å². The van der Waals surface area contributed by atoms with Crippen molar-refractivity contribution in [2.45, 2.75) is 25.7 Å². The molecule has 0 saturated carbocycles. The minimum atomic E-state index is -0.811. The van der Waals surface area contributed by atoms with Crippen molar-refractivity contribution in [3.63, 3.8) is 0 Å². The zero-order valence-corrected chi connectivity index (χ0v) is 14.0. The van der Waals surface area contributed by atoms with Crippen LogP contribution < -0.4 is 0 Å². The van der Waals surface area contributed by atoms with E-state index in [9.17, 15) is 14.0 Å². The van der Waals surface area contributed by atoms with Gasteiger partial charge in [0.15, 0.2) is 0 Å². The van der Waals surface area contributed by atoms with Crippen molar-refractivity contribution >= 4 is 46.3 Å². The molecule has 23 heavy (non-hydrogen) atoms. The van der Waals surface area contributed by atoms with E-state index in [2.05, 4.69) is 0 Å². The maximum Gasteiger partial charge on any atom is 0.303 e. The topological polar surface area (TPSA) is 57.6 Å². The standard InChI is InChI=1S/C16H16FNO3S2/c17-12-6-4-5-11(9-12)10-13-15(21)18(16(22)23-13)8-3-1-2-7-14(19)20/h4-6,9-10H,1-3,7-8H2,(H,19,20)/b13-10-. The fourth-order valence-electron chi connectivity index (χ4n) is 2.16. The number of thiocarbonyl (C=S) groups is 1. The van der Waals surface area contributed by atoms with Crippen molar-refractivity contribution in [1.82, 2.24) is 4.90 Å². The monoisotopic (exact) mass is 353 g/mol. The molecule has 0 unspecified atom stereocenters. The Morgan fingerprint density at radius 3 is 2.83 bits per heavy atom. The Bertz CT molecular complexity index is 660. The number of unbranched alkanes of at least 4 members (excludes halogenated alkanes) is 2. The number of carboxylic acid groups (broad SMARTS) is 1. The molecule has 0 aliphatic carbocycles. The summed E-state index contributed by atoms with van der Waals surface area (Å²) in [6, 6.07) is 6.02. The lowest BCUT2D eigenvalue weighted by molar-refractivity contribution is -0.137. The lowest BCUT2D eigenvalue weighted by atomic mass is 10.2. The third kappa shape index (κ3) is 5.14. The molecule has 7 heteroatoms. The molecule has 1 aromatic carbocycles. The summed E-state index contributed by atoms with van der Waals surface area (Å²) < 4.78 is 13.7. The molecule has 1 aromatic rings. The maximum absolute atomic E-state index is 13.2. The first-order valence-corrected chi connectivity index (χ1v) is 8.42. The summed E-state index contributed by atoms with van der Waals surface area (Å²) in [6.45, 7) is 0.477. The van der Waals surface area contributed by atoms with Crippen LogP contribution in [0.3, 0.4) is 0 Å². The van der Waals surface area contributed by atoms with Crippen molar-refractivity contribution < 1.29 is 19.1 Å². The first-order valence-electron chi connectivity index (χ1n) is 7.20. The Labute approximate surface area is 143 Å². The summed E-state index contributed by atoms with van der Waals surface area (Å²) in [4.78, 5) is 24.8. The van der Waals surface area contributed by atoms with Crippen LogP contribution in [0, 0.1) is 5.82 Å². The van der Waals surface area contributed by atoms with Crippen LogP contribution in [0.25, 0.3) is 6.08 Å². The molecule has 1 N–H and O–H groups in total. The molecule has 2 rings (SSSR count). The first kappa shape index (κ1) is 17.6. The average Bonchev–Trinajstić information content (AvgIpc) is 2.74. The summed E-state index contributed by atoms with van der Waals surface area (Å²) in [5.41, 5.74) is 0.618. The van der Waals surface area contributed by atoms with E-state index in [1.54, 1.807) is 18.2 Å². The van der Waals surface area contributed by atoms with Gasteiger partial charge in [-0.3, -0.25) is 14.5 Å². The smallest absolute Gasteiger partial charge is 0.303 e. The Hall–Kier alpha value is -1.73. The molecule has 4 nitrogen and oxygen atoms in total. The number of hydrogen-bond acceptors (Lipinski definition) is 4. The number of hydrogen-bond donors (Lipinski definition) is 1. The third-order valence-corrected chi connectivity index (χ3v) is 4.67. The number of benzene rings is 1. The zero-order chi connectivity index (χ0) is 16.8. The van der Waals surface area contributed by atoms with Crippen LogP contribution in [0.1, 0.15) is 31.2 Å². The van der Waals surface area contributed by atoms with E-state index in [-0.39, 0.29) is 18.1 Å². The van der Waals surface area contributed by atoms with Crippen LogP contribution in [0.4, 0.5) is 4.39 Å². The third-order valence-electron chi connectivity index (χ3n) is 3.29. The van der Waals surface area contributed by atoms with Gasteiger partial charge in [-0.15, -0.1) is 0 Å². The fraction of sp³-hybridized carbons (Fsp3) is 0.312. The Morgan fingerprint density at radius 2 is 2.13 bits per heavy atom. The Kier molecular flexibility index (Phi) is 6.29. The molecular weight excluding hydrogens is 337 g/mol. The minimum Gasteiger partial charge on any atom is -0.481 e. The van der Waals surface area contributed by atoms with Crippen LogP contribution in [-0.4, -0.2) is 32.7 Å². The van der Waals surface area contributed by atoms with E-state index < -0.39 is 5.97 Å². The van der Waals surface area contributed by atoms with Crippen LogP contribution in [0.15, 0.2) is 29.2 Å². The largest absolute Gasteiger partial charge is 0.481 e. The van der Waals surface area contributed by atoms with E-state index in [0.29, 0.717) is 34.2 Å². The van der Waals surface area contributed by atoms with E-state index in [4.69, 9.17) is 17.3 Å². The van der Waals surface area contributed by atoms with Gasteiger partial charge >= 0.3 is 5.97 Å². The van der Waals surface area contributed by atoms with Crippen LogP contribution >= 0.6 is 24.0 Å². The predicted octanol–water partition coefficient (Wildman–Crippen LogP) is 3.67. The van der Waals surface area contributed by atoms with Gasteiger partial charge in [0.2, 0.25) is 0 Å². The summed E-state index contributed by atoms with van der Waals surface area (Å²) in [5.74, 6) is -1.34. The lowest BCUT2D eigenvalue weighted by Gasteiger charge is -2.13. The molecule has 1 fully saturated rings. The van der Waals surface area contributed by atoms with Crippen LogP contribution in [0.5, 0.6) is 0 Å². The molecule has 1 heterocycles. The fourth-order valence-corrected chi connectivity index (χ4v) is 3.47. The predicted molar refractivity (Wildman–Crippen MR) is 92.4 cm³/mol. The van der Waals surface area contributed by atoms with Crippen molar-refractivity contribution in [3.05, 3.63) is 40.6 Å². The molecule has 0 aromatic heterocycles. The quantitative estimate of drug-likeness (QED) is 0.460.